The minimum Gasteiger partial charge on any atom is -0.329 e. The Bertz CT molecular complexity index is 537. The van der Waals surface area contributed by atoms with Crippen molar-refractivity contribution in [2.75, 3.05) is 18.8 Å². The van der Waals surface area contributed by atoms with Crippen LogP contribution < -0.4 is 5.32 Å². The number of rotatable bonds is 6. The number of hydrogen-bond donors (Lipinski definition) is 1. The topological polar surface area (TPSA) is 67.2 Å². The summed E-state index contributed by atoms with van der Waals surface area (Å²) in [6.45, 7) is 9.90. The second-order valence-corrected chi connectivity index (χ2v) is 6.68. The Morgan fingerprint density at radius 2 is 2.05 bits per heavy atom. The summed E-state index contributed by atoms with van der Waals surface area (Å²) in [6, 6.07) is -0.293. The zero-order chi connectivity index (χ0) is 15.6. The summed E-state index contributed by atoms with van der Waals surface area (Å²) >= 11 is 1.59. The van der Waals surface area contributed by atoms with Gasteiger partial charge in [0.25, 0.3) is 0 Å². The van der Waals surface area contributed by atoms with Crippen molar-refractivity contribution in [3.63, 3.8) is 0 Å². The highest BCUT2D eigenvalue weighted by molar-refractivity contribution is 7.99. The maximum atomic E-state index is 11.5. The Hall–Kier alpha value is -1.50. The highest BCUT2D eigenvalue weighted by Crippen LogP contribution is 2.22. The van der Waals surface area contributed by atoms with Gasteiger partial charge in [-0.3, -0.25) is 9.69 Å². The molecule has 0 unspecified atom stereocenters. The first kappa shape index (κ1) is 15.9. The normalized spacial score (nSPS) is 15.2. The lowest BCUT2D eigenvalue weighted by Gasteiger charge is -2.14. The zero-order valence-electron chi connectivity index (χ0n) is 13.0. The van der Waals surface area contributed by atoms with Gasteiger partial charge in [-0.2, -0.15) is 0 Å². The molecule has 0 saturated carbocycles. The number of urea groups is 1. The lowest BCUT2D eigenvalue weighted by atomic mass is 10.2. The monoisotopic (exact) mass is 310 g/mol. The number of imide groups is 1. The van der Waals surface area contributed by atoms with E-state index in [-0.39, 0.29) is 18.5 Å². The number of hydrogen-bond acceptors (Lipinski definition) is 4. The first-order chi connectivity index (χ1) is 9.90. The molecule has 0 bridgehead atoms. The highest BCUT2D eigenvalue weighted by Gasteiger charge is 2.27. The molecule has 116 valence electrons. The van der Waals surface area contributed by atoms with Crippen LogP contribution in [0, 0.1) is 19.8 Å². The molecule has 0 aliphatic carbocycles. The quantitative estimate of drug-likeness (QED) is 0.642. The molecule has 0 atom stereocenters. The maximum Gasteiger partial charge on any atom is 0.324 e. The number of thioether (sulfide) groups is 1. The Morgan fingerprint density at radius 1 is 1.33 bits per heavy atom. The van der Waals surface area contributed by atoms with E-state index in [1.165, 1.54) is 10.6 Å². The molecule has 7 heteroatoms. The van der Waals surface area contributed by atoms with E-state index in [0.717, 1.165) is 17.4 Å². The summed E-state index contributed by atoms with van der Waals surface area (Å²) in [6.07, 6.45) is 0. The van der Waals surface area contributed by atoms with Gasteiger partial charge in [0.05, 0.1) is 12.2 Å². The van der Waals surface area contributed by atoms with E-state index >= 15 is 0 Å². The Balaban J connectivity index is 1.98. The van der Waals surface area contributed by atoms with Gasteiger partial charge in [0.1, 0.15) is 0 Å². The third-order valence-electron chi connectivity index (χ3n) is 3.45. The van der Waals surface area contributed by atoms with Gasteiger partial charge in [-0.15, -0.1) is 0 Å². The van der Waals surface area contributed by atoms with Crippen LogP contribution in [0.4, 0.5) is 4.79 Å². The lowest BCUT2D eigenvalue weighted by molar-refractivity contribution is -0.124. The van der Waals surface area contributed by atoms with Gasteiger partial charge in [-0.05, 0) is 19.8 Å². The average molecular weight is 310 g/mol. The van der Waals surface area contributed by atoms with Crippen molar-refractivity contribution in [2.24, 2.45) is 5.92 Å². The molecule has 1 fully saturated rings. The minimum absolute atomic E-state index is 0.115. The van der Waals surface area contributed by atoms with Crippen LogP contribution in [0.1, 0.15) is 25.2 Å². The molecule has 0 aromatic carbocycles. The van der Waals surface area contributed by atoms with Crippen LogP contribution in [-0.2, 0) is 11.3 Å². The van der Waals surface area contributed by atoms with Crippen LogP contribution in [0.3, 0.4) is 0 Å². The number of nitrogens with zero attached hydrogens (tertiary/aromatic N) is 3. The van der Waals surface area contributed by atoms with E-state index in [4.69, 9.17) is 0 Å². The SMILES string of the molecule is Cc1nc(SCCN2C(=O)CNC2=O)n(CC(C)C)c1C. The standard InChI is InChI=1S/C14H22N4O2S/c1-9(2)8-18-11(4)10(3)16-14(18)21-6-5-17-12(19)7-15-13(17)20/h9H,5-8H2,1-4H3,(H,15,20). The molecule has 1 N–H and O–H groups in total. The van der Waals surface area contributed by atoms with Crippen molar-refractivity contribution >= 4 is 23.7 Å². The molecule has 1 aromatic rings. The number of nitrogens with one attached hydrogen (secondary N) is 1. The fourth-order valence-corrected chi connectivity index (χ4v) is 3.25. The third kappa shape index (κ3) is 3.58. The predicted octanol–water partition coefficient (Wildman–Crippen LogP) is 1.80. The molecule has 1 aromatic heterocycles. The van der Waals surface area contributed by atoms with E-state index in [0.29, 0.717) is 18.2 Å². The highest BCUT2D eigenvalue weighted by atomic mass is 32.2. The largest absolute Gasteiger partial charge is 0.329 e. The molecule has 2 rings (SSSR count). The fourth-order valence-electron chi connectivity index (χ4n) is 2.22. The van der Waals surface area contributed by atoms with E-state index < -0.39 is 0 Å². The van der Waals surface area contributed by atoms with Gasteiger partial charge in [-0.25, -0.2) is 9.78 Å². The summed E-state index contributed by atoms with van der Waals surface area (Å²) in [5.74, 6) is 1.05. The maximum absolute atomic E-state index is 11.5. The van der Waals surface area contributed by atoms with Gasteiger partial charge in [0.15, 0.2) is 5.16 Å². The molecule has 1 saturated heterocycles. The number of carbonyl (C=O) groups is 2. The Labute approximate surface area is 129 Å². The average Bonchev–Trinajstić information content (AvgIpc) is 2.86. The van der Waals surface area contributed by atoms with Gasteiger partial charge in [0, 0.05) is 24.5 Å². The summed E-state index contributed by atoms with van der Waals surface area (Å²) in [4.78, 5) is 28.8. The molecule has 6 nitrogen and oxygen atoms in total. The van der Waals surface area contributed by atoms with Crippen LogP contribution in [-0.4, -0.2) is 45.2 Å². The van der Waals surface area contributed by atoms with Crippen molar-refractivity contribution in [1.82, 2.24) is 19.8 Å². The predicted molar refractivity (Wildman–Crippen MR) is 82.4 cm³/mol. The minimum atomic E-state index is -0.293. The van der Waals surface area contributed by atoms with E-state index in [9.17, 15) is 9.59 Å². The third-order valence-corrected chi connectivity index (χ3v) is 4.41. The first-order valence-electron chi connectivity index (χ1n) is 7.15. The van der Waals surface area contributed by atoms with Crippen LogP contribution in [0.15, 0.2) is 5.16 Å². The molecule has 1 aliphatic heterocycles. The number of carbonyl (C=O) groups excluding carboxylic acids is 2. The zero-order valence-corrected chi connectivity index (χ0v) is 13.8. The van der Waals surface area contributed by atoms with Crippen molar-refractivity contribution in [3.8, 4) is 0 Å². The summed E-state index contributed by atoms with van der Waals surface area (Å²) in [5, 5.41) is 3.49. The molecule has 1 aliphatic rings. The van der Waals surface area contributed by atoms with Gasteiger partial charge >= 0.3 is 6.03 Å². The summed E-state index contributed by atoms with van der Waals surface area (Å²) in [7, 11) is 0. The Morgan fingerprint density at radius 3 is 2.62 bits per heavy atom. The number of aromatic nitrogens is 2. The van der Waals surface area contributed by atoms with E-state index in [1.807, 2.05) is 6.92 Å². The van der Waals surface area contributed by atoms with Crippen molar-refractivity contribution in [3.05, 3.63) is 11.4 Å². The smallest absolute Gasteiger partial charge is 0.324 e. The fraction of sp³-hybridized carbons (Fsp3) is 0.643. The second-order valence-electron chi connectivity index (χ2n) is 5.62. The summed E-state index contributed by atoms with van der Waals surface area (Å²) in [5.41, 5.74) is 2.22. The second kappa shape index (κ2) is 6.51. The lowest BCUT2D eigenvalue weighted by Crippen LogP contribution is -2.32. The molecule has 0 spiro atoms. The molecular formula is C14H22N4O2S. The molecule has 2 heterocycles. The van der Waals surface area contributed by atoms with Crippen LogP contribution in [0.25, 0.3) is 0 Å². The van der Waals surface area contributed by atoms with E-state index in [1.54, 1.807) is 11.8 Å². The van der Waals surface area contributed by atoms with Crippen LogP contribution >= 0.6 is 11.8 Å². The molecule has 3 amide bonds. The summed E-state index contributed by atoms with van der Waals surface area (Å²) < 4.78 is 2.22. The molecule has 21 heavy (non-hydrogen) atoms. The molecule has 0 radical (unpaired) electrons. The van der Waals surface area contributed by atoms with Gasteiger partial charge < -0.3 is 9.88 Å². The number of amides is 3. The van der Waals surface area contributed by atoms with Crippen molar-refractivity contribution < 1.29 is 9.59 Å². The number of imidazole rings is 1. The number of aryl methyl sites for hydroxylation is 1. The van der Waals surface area contributed by atoms with Crippen molar-refractivity contribution in [2.45, 2.75) is 39.4 Å². The molecular weight excluding hydrogens is 288 g/mol. The first-order valence-corrected chi connectivity index (χ1v) is 8.13. The van der Waals surface area contributed by atoms with Crippen LogP contribution in [0.2, 0.25) is 0 Å². The van der Waals surface area contributed by atoms with Gasteiger partial charge in [0.2, 0.25) is 5.91 Å². The van der Waals surface area contributed by atoms with E-state index in [2.05, 4.69) is 35.6 Å². The Kier molecular flexibility index (Phi) is 4.92. The van der Waals surface area contributed by atoms with Crippen molar-refractivity contribution in [1.29, 1.82) is 0 Å². The van der Waals surface area contributed by atoms with Crippen LogP contribution in [0.5, 0.6) is 0 Å². The van der Waals surface area contributed by atoms with Gasteiger partial charge in [-0.1, -0.05) is 25.6 Å².